The zero-order valence-corrected chi connectivity index (χ0v) is 17.7. The van der Waals surface area contributed by atoms with Crippen molar-refractivity contribution in [3.63, 3.8) is 0 Å². The summed E-state index contributed by atoms with van der Waals surface area (Å²) in [4.78, 5) is 13.1. The van der Waals surface area contributed by atoms with Gasteiger partial charge in [0.15, 0.2) is 0 Å². The Bertz CT molecular complexity index is 987. The molecule has 0 aromatic heterocycles. The van der Waals surface area contributed by atoms with Gasteiger partial charge in [0.05, 0.1) is 23.8 Å². The first-order valence-corrected chi connectivity index (χ1v) is 10.3. The van der Waals surface area contributed by atoms with Crippen LogP contribution in [0.15, 0.2) is 36.4 Å². The molecule has 0 radical (unpaired) electrons. The molecule has 1 fully saturated rings. The van der Waals surface area contributed by atoms with Crippen molar-refractivity contribution in [3.05, 3.63) is 53.3 Å². The monoisotopic (exact) mass is 428 g/mol. The Morgan fingerprint density at radius 2 is 1.97 bits per heavy atom. The van der Waals surface area contributed by atoms with E-state index in [0.717, 1.165) is 32.0 Å². The second-order valence-corrected chi connectivity index (χ2v) is 8.57. The van der Waals surface area contributed by atoms with Gasteiger partial charge in [0, 0.05) is 6.54 Å². The Labute approximate surface area is 180 Å². The fourth-order valence-corrected chi connectivity index (χ4v) is 3.87. The highest BCUT2D eigenvalue weighted by molar-refractivity contribution is 5.89. The Morgan fingerprint density at radius 3 is 2.55 bits per heavy atom. The van der Waals surface area contributed by atoms with E-state index in [2.05, 4.69) is 11.0 Å². The number of alkyl halides is 1. The number of piperidine rings is 1. The summed E-state index contributed by atoms with van der Waals surface area (Å²) in [7, 11) is 0. The summed E-state index contributed by atoms with van der Waals surface area (Å²) in [6, 6.07) is 10.9. The van der Waals surface area contributed by atoms with Crippen molar-refractivity contribution in [2.45, 2.75) is 32.4 Å². The normalized spacial score (nSPS) is 15.5. The molecule has 1 N–H and O–H groups in total. The smallest absolute Gasteiger partial charge is 0.338 e. The summed E-state index contributed by atoms with van der Waals surface area (Å²) in [5, 5.41) is 18.5. The molecule has 1 aliphatic heterocycles. The standard InChI is InChI=1S/C24H26F2N2O3/c1-24(2,26)15-28-9-7-16(8-10-28)14-31-19-4-6-20(18(11-19)13-27)17-3-5-21(23(29)30)22(25)12-17/h3-6,11-12,16H,7-10,14-15H2,1-2H3,(H,29,30). The minimum atomic E-state index is -1.34. The van der Waals surface area contributed by atoms with Gasteiger partial charge in [-0.15, -0.1) is 0 Å². The number of nitrogens with zero attached hydrogens (tertiary/aromatic N) is 2. The molecule has 1 aliphatic rings. The number of halogens is 2. The molecular weight excluding hydrogens is 402 g/mol. The SMILES string of the molecule is CC(C)(F)CN1CCC(COc2ccc(-c3ccc(C(=O)O)c(F)c3)c(C#N)c2)CC1. The fourth-order valence-electron chi connectivity index (χ4n) is 3.87. The average molecular weight is 428 g/mol. The summed E-state index contributed by atoms with van der Waals surface area (Å²) in [6.45, 7) is 5.80. The third kappa shape index (κ3) is 6.02. The number of benzene rings is 2. The summed E-state index contributed by atoms with van der Waals surface area (Å²) in [6.07, 6.45) is 1.85. The van der Waals surface area contributed by atoms with E-state index in [1.165, 1.54) is 12.1 Å². The van der Waals surface area contributed by atoms with E-state index in [1.807, 2.05) is 0 Å². The highest BCUT2D eigenvalue weighted by Gasteiger charge is 2.25. The van der Waals surface area contributed by atoms with Crippen LogP contribution < -0.4 is 4.74 Å². The van der Waals surface area contributed by atoms with E-state index in [4.69, 9.17) is 9.84 Å². The number of ether oxygens (including phenoxy) is 1. The lowest BCUT2D eigenvalue weighted by atomic mass is 9.96. The highest BCUT2D eigenvalue weighted by Crippen LogP contribution is 2.29. The first-order valence-electron chi connectivity index (χ1n) is 10.3. The average Bonchev–Trinajstić information content (AvgIpc) is 2.71. The molecule has 0 spiro atoms. The number of carboxylic acid groups (broad SMARTS) is 1. The summed E-state index contributed by atoms with van der Waals surface area (Å²) < 4.78 is 33.7. The Balaban J connectivity index is 1.63. The minimum Gasteiger partial charge on any atom is -0.493 e. The lowest BCUT2D eigenvalue weighted by molar-refractivity contribution is 0.0691. The Kier molecular flexibility index (Phi) is 6.91. The molecule has 1 saturated heterocycles. The number of aromatic carboxylic acids is 1. The largest absolute Gasteiger partial charge is 0.493 e. The van der Waals surface area contributed by atoms with Crippen molar-refractivity contribution in [1.29, 1.82) is 5.26 Å². The molecule has 5 nitrogen and oxygen atoms in total. The van der Waals surface area contributed by atoms with E-state index >= 15 is 0 Å². The van der Waals surface area contributed by atoms with Crippen LogP contribution in [0.2, 0.25) is 0 Å². The van der Waals surface area contributed by atoms with Crippen LogP contribution in [0.3, 0.4) is 0 Å². The number of rotatable bonds is 7. The molecule has 0 atom stereocenters. The van der Waals surface area contributed by atoms with Crippen molar-refractivity contribution in [1.82, 2.24) is 4.90 Å². The number of carbonyl (C=O) groups is 1. The molecule has 2 aromatic carbocycles. The molecular formula is C24H26F2N2O3. The van der Waals surface area contributed by atoms with Crippen LogP contribution in [0.1, 0.15) is 42.6 Å². The second-order valence-electron chi connectivity index (χ2n) is 8.57. The first kappa shape index (κ1) is 22.7. The number of hydrogen-bond donors (Lipinski definition) is 1. The molecule has 3 rings (SSSR count). The quantitative estimate of drug-likeness (QED) is 0.679. The van der Waals surface area contributed by atoms with Crippen LogP contribution in [-0.2, 0) is 0 Å². The Morgan fingerprint density at radius 1 is 1.26 bits per heavy atom. The van der Waals surface area contributed by atoms with Crippen molar-refractivity contribution >= 4 is 5.97 Å². The molecule has 0 saturated carbocycles. The van der Waals surface area contributed by atoms with Crippen LogP contribution in [0, 0.1) is 23.1 Å². The lowest BCUT2D eigenvalue weighted by Crippen LogP contribution is -2.41. The molecule has 0 aliphatic carbocycles. The Hall–Kier alpha value is -2.98. The predicted molar refractivity (Wildman–Crippen MR) is 113 cm³/mol. The summed E-state index contributed by atoms with van der Waals surface area (Å²) >= 11 is 0. The number of carboxylic acids is 1. The number of likely N-dealkylation sites (tertiary alicyclic amines) is 1. The maximum Gasteiger partial charge on any atom is 0.338 e. The lowest BCUT2D eigenvalue weighted by Gasteiger charge is -2.34. The van der Waals surface area contributed by atoms with Crippen molar-refractivity contribution in [2.24, 2.45) is 5.92 Å². The van der Waals surface area contributed by atoms with Crippen LogP contribution in [0.4, 0.5) is 8.78 Å². The van der Waals surface area contributed by atoms with Gasteiger partial charge in [-0.3, -0.25) is 0 Å². The van der Waals surface area contributed by atoms with Crippen LogP contribution >= 0.6 is 0 Å². The summed E-state index contributed by atoms with van der Waals surface area (Å²) in [5.41, 5.74) is -0.361. The van der Waals surface area contributed by atoms with Crippen LogP contribution in [0.25, 0.3) is 11.1 Å². The number of hydrogen-bond acceptors (Lipinski definition) is 4. The van der Waals surface area contributed by atoms with Gasteiger partial charge in [-0.25, -0.2) is 13.6 Å². The van der Waals surface area contributed by atoms with Crippen molar-refractivity contribution < 1.29 is 23.4 Å². The molecule has 7 heteroatoms. The van der Waals surface area contributed by atoms with Gasteiger partial charge in [0.25, 0.3) is 0 Å². The van der Waals surface area contributed by atoms with E-state index in [1.54, 1.807) is 32.0 Å². The van der Waals surface area contributed by atoms with Crippen molar-refractivity contribution in [2.75, 3.05) is 26.2 Å². The van der Waals surface area contributed by atoms with Gasteiger partial charge in [-0.1, -0.05) is 6.07 Å². The minimum absolute atomic E-state index is 0.319. The predicted octanol–water partition coefficient (Wildman–Crippen LogP) is 4.90. The maximum atomic E-state index is 14.0. The van der Waals surface area contributed by atoms with E-state index in [9.17, 15) is 18.8 Å². The zero-order valence-electron chi connectivity index (χ0n) is 17.7. The molecule has 2 aromatic rings. The third-order valence-corrected chi connectivity index (χ3v) is 5.41. The van der Waals surface area contributed by atoms with Gasteiger partial charge in [0.1, 0.15) is 17.2 Å². The van der Waals surface area contributed by atoms with Gasteiger partial charge in [-0.2, -0.15) is 5.26 Å². The molecule has 0 bridgehead atoms. The van der Waals surface area contributed by atoms with Gasteiger partial charge >= 0.3 is 5.97 Å². The fraction of sp³-hybridized carbons (Fsp3) is 0.417. The zero-order chi connectivity index (χ0) is 22.6. The summed E-state index contributed by atoms with van der Waals surface area (Å²) in [5.74, 6) is -1.28. The molecule has 31 heavy (non-hydrogen) atoms. The molecule has 164 valence electrons. The molecule has 0 unspecified atom stereocenters. The van der Waals surface area contributed by atoms with Gasteiger partial charge in [0.2, 0.25) is 0 Å². The third-order valence-electron chi connectivity index (χ3n) is 5.41. The molecule has 0 amide bonds. The van der Waals surface area contributed by atoms with Gasteiger partial charge < -0.3 is 14.7 Å². The molecule has 1 heterocycles. The van der Waals surface area contributed by atoms with E-state index in [0.29, 0.717) is 41.5 Å². The van der Waals surface area contributed by atoms with E-state index in [-0.39, 0.29) is 0 Å². The topological polar surface area (TPSA) is 73.6 Å². The van der Waals surface area contributed by atoms with Crippen LogP contribution in [0.5, 0.6) is 5.75 Å². The van der Waals surface area contributed by atoms with Crippen LogP contribution in [-0.4, -0.2) is 47.9 Å². The highest BCUT2D eigenvalue weighted by atomic mass is 19.1. The van der Waals surface area contributed by atoms with E-state index < -0.39 is 23.0 Å². The number of nitriles is 1. The van der Waals surface area contributed by atoms with Crippen molar-refractivity contribution in [3.8, 4) is 22.9 Å². The second kappa shape index (κ2) is 9.44. The maximum absolute atomic E-state index is 14.0. The van der Waals surface area contributed by atoms with Gasteiger partial charge in [-0.05, 0) is 87.2 Å². The first-order chi connectivity index (χ1) is 14.7.